The molecule has 1 aromatic carbocycles. The van der Waals surface area contributed by atoms with E-state index in [4.69, 9.17) is 5.26 Å². The molecule has 128 valence electrons. The number of carbonyl (C=O) groups excluding carboxylic acids is 1. The number of hydrogen-bond acceptors (Lipinski definition) is 4. The van der Waals surface area contributed by atoms with Crippen molar-refractivity contribution in [3.63, 3.8) is 0 Å². The number of nitrogens with one attached hydrogen (secondary N) is 1. The summed E-state index contributed by atoms with van der Waals surface area (Å²) in [5, 5.41) is 16.4. The highest BCUT2D eigenvalue weighted by atomic mass is 16.2. The van der Waals surface area contributed by atoms with Crippen LogP contribution >= 0.6 is 0 Å². The first-order valence-corrected chi connectivity index (χ1v) is 8.81. The second kappa shape index (κ2) is 6.69. The zero-order chi connectivity index (χ0) is 17.2. The first-order chi connectivity index (χ1) is 12.2. The minimum absolute atomic E-state index is 0.0586. The lowest BCUT2D eigenvalue weighted by Gasteiger charge is -2.27. The molecule has 2 aromatic rings. The second-order valence-electron chi connectivity index (χ2n) is 6.80. The molecule has 1 aromatic heterocycles. The maximum atomic E-state index is 12.7. The summed E-state index contributed by atoms with van der Waals surface area (Å²) in [7, 11) is 0. The molecule has 1 saturated heterocycles. The van der Waals surface area contributed by atoms with E-state index in [0.717, 1.165) is 68.8 Å². The zero-order valence-electron chi connectivity index (χ0n) is 14.2. The van der Waals surface area contributed by atoms with Crippen LogP contribution in [0.4, 0.5) is 0 Å². The van der Waals surface area contributed by atoms with Gasteiger partial charge in [-0.05, 0) is 30.5 Å². The van der Waals surface area contributed by atoms with Gasteiger partial charge >= 0.3 is 0 Å². The van der Waals surface area contributed by atoms with E-state index in [1.54, 1.807) is 0 Å². The highest BCUT2D eigenvalue weighted by Crippen LogP contribution is 2.24. The van der Waals surface area contributed by atoms with Crippen LogP contribution < -0.4 is 0 Å². The number of likely N-dealkylation sites (tertiary alicyclic amines) is 1. The van der Waals surface area contributed by atoms with E-state index in [-0.39, 0.29) is 5.91 Å². The van der Waals surface area contributed by atoms with Crippen LogP contribution in [0.5, 0.6) is 0 Å². The van der Waals surface area contributed by atoms with E-state index in [1.165, 1.54) is 0 Å². The van der Waals surface area contributed by atoms with E-state index >= 15 is 0 Å². The molecule has 6 nitrogen and oxygen atoms in total. The number of rotatable bonds is 3. The van der Waals surface area contributed by atoms with Gasteiger partial charge in [-0.15, -0.1) is 0 Å². The lowest BCUT2D eigenvalue weighted by molar-refractivity contribution is 0.0784. The van der Waals surface area contributed by atoms with Gasteiger partial charge in [-0.2, -0.15) is 10.4 Å². The van der Waals surface area contributed by atoms with Crippen LogP contribution in [0.3, 0.4) is 0 Å². The molecule has 0 spiro atoms. The van der Waals surface area contributed by atoms with Gasteiger partial charge < -0.3 is 4.90 Å². The zero-order valence-corrected chi connectivity index (χ0v) is 14.2. The fraction of sp³-hybridized carbons (Fsp3) is 0.421. The number of amides is 1. The molecule has 25 heavy (non-hydrogen) atoms. The minimum Gasteiger partial charge on any atom is -0.337 e. The van der Waals surface area contributed by atoms with Gasteiger partial charge in [0.05, 0.1) is 11.6 Å². The molecule has 1 N–H and O–H groups in total. The molecule has 0 saturated carbocycles. The van der Waals surface area contributed by atoms with E-state index in [2.05, 4.69) is 21.2 Å². The average molecular weight is 335 g/mol. The van der Waals surface area contributed by atoms with E-state index in [0.29, 0.717) is 11.3 Å². The van der Waals surface area contributed by atoms with Crippen molar-refractivity contribution in [3.05, 3.63) is 52.3 Å². The van der Waals surface area contributed by atoms with Crippen molar-refractivity contribution in [2.45, 2.75) is 32.4 Å². The van der Waals surface area contributed by atoms with E-state index in [1.807, 2.05) is 29.2 Å². The molecule has 2 aliphatic heterocycles. The largest absolute Gasteiger partial charge is 0.337 e. The number of aromatic amines is 1. The Morgan fingerprint density at radius 3 is 2.92 bits per heavy atom. The van der Waals surface area contributed by atoms with Crippen LogP contribution in [0.1, 0.15) is 45.7 Å². The molecule has 0 aliphatic carbocycles. The van der Waals surface area contributed by atoms with Crippen LogP contribution in [0.15, 0.2) is 24.3 Å². The van der Waals surface area contributed by atoms with Gasteiger partial charge in [0.2, 0.25) is 0 Å². The number of nitrogens with zero attached hydrogens (tertiary/aromatic N) is 4. The van der Waals surface area contributed by atoms with Gasteiger partial charge in [0.1, 0.15) is 0 Å². The van der Waals surface area contributed by atoms with Crippen molar-refractivity contribution in [1.29, 1.82) is 5.26 Å². The average Bonchev–Trinajstić information content (AvgIpc) is 3.31. The molecule has 1 fully saturated rings. The van der Waals surface area contributed by atoms with Crippen molar-refractivity contribution in [2.24, 2.45) is 0 Å². The van der Waals surface area contributed by atoms with Gasteiger partial charge in [-0.25, -0.2) is 0 Å². The van der Waals surface area contributed by atoms with Gasteiger partial charge in [-0.3, -0.25) is 14.8 Å². The Balaban J connectivity index is 1.51. The molecule has 0 unspecified atom stereocenters. The van der Waals surface area contributed by atoms with Crippen molar-refractivity contribution >= 4 is 5.91 Å². The van der Waals surface area contributed by atoms with Crippen molar-refractivity contribution in [1.82, 2.24) is 20.0 Å². The van der Waals surface area contributed by atoms with E-state index < -0.39 is 0 Å². The molecule has 4 rings (SSSR count). The summed E-state index contributed by atoms with van der Waals surface area (Å²) in [6.45, 7) is 4.09. The highest BCUT2D eigenvalue weighted by molar-refractivity contribution is 5.94. The topological polar surface area (TPSA) is 76.0 Å². The minimum atomic E-state index is 0.0586. The first kappa shape index (κ1) is 15.9. The Bertz CT molecular complexity index is 829. The predicted molar refractivity (Wildman–Crippen MR) is 92.7 cm³/mol. The standard InChI is InChI=1S/C19H21N5O/c20-11-14-4-3-5-15(10-14)12-23-9-6-17-16(13-23)18(22-21-17)19(25)24-7-1-2-8-24/h3-5,10H,1-2,6-9,12-13H2,(H,21,22). The number of carbonyl (C=O) groups is 1. The Kier molecular flexibility index (Phi) is 4.24. The fourth-order valence-corrected chi connectivity index (χ4v) is 3.73. The maximum absolute atomic E-state index is 12.7. The summed E-state index contributed by atoms with van der Waals surface area (Å²) >= 11 is 0. The third-order valence-electron chi connectivity index (χ3n) is 5.07. The monoisotopic (exact) mass is 335 g/mol. The number of aromatic nitrogens is 2. The quantitative estimate of drug-likeness (QED) is 0.932. The van der Waals surface area contributed by atoms with Gasteiger partial charge in [0, 0.05) is 50.4 Å². The predicted octanol–water partition coefficient (Wildman–Crippen LogP) is 2.08. The molecule has 2 aliphatic rings. The SMILES string of the molecule is N#Cc1cccc(CN2CCc3[nH]nc(C(=O)N4CCCC4)c3C2)c1. The first-order valence-electron chi connectivity index (χ1n) is 8.81. The van der Waals surface area contributed by atoms with Gasteiger partial charge in [0.25, 0.3) is 5.91 Å². The molecule has 3 heterocycles. The molecular weight excluding hydrogens is 314 g/mol. The number of H-pyrrole nitrogens is 1. The van der Waals surface area contributed by atoms with Crippen molar-refractivity contribution in [3.8, 4) is 6.07 Å². The summed E-state index contributed by atoms with van der Waals surface area (Å²) in [5.74, 6) is 0.0586. The van der Waals surface area contributed by atoms with Gasteiger partial charge in [-0.1, -0.05) is 12.1 Å². The summed E-state index contributed by atoms with van der Waals surface area (Å²) < 4.78 is 0. The van der Waals surface area contributed by atoms with Crippen LogP contribution in [-0.2, 0) is 19.5 Å². The third kappa shape index (κ3) is 3.15. The Morgan fingerprint density at radius 2 is 2.12 bits per heavy atom. The normalized spacial score (nSPS) is 17.3. The maximum Gasteiger partial charge on any atom is 0.274 e. The van der Waals surface area contributed by atoms with Crippen molar-refractivity contribution < 1.29 is 4.79 Å². The summed E-state index contributed by atoms with van der Waals surface area (Å²) in [4.78, 5) is 16.9. The lowest BCUT2D eigenvalue weighted by Crippen LogP contribution is -2.33. The molecule has 6 heteroatoms. The van der Waals surface area contributed by atoms with Crippen LogP contribution in [0.25, 0.3) is 0 Å². The molecule has 1 amide bonds. The van der Waals surface area contributed by atoms with Gasteiger partial charge in [0.15, 0.2) is 5.69 Å². The molecular formula is C19H21N5O. The smallest absolute Gasteiger partial charge is 0.274 e. The fourth-order valence-electron chi connectivity index (χ4n) is 3.73. The number of hydrogen-bond donors (Lipinski definition) is 1. The summed E-state index contributed by atoms with van der Waals surface area (Å²) in [5.41, 5.74) is 4.53. The number of benzene rings is 1. The number of fused-ring (bicyclic) bond motifs is 1. The molecule has 0 bridgehead atoms. The van der Waals surface area contributed by atoms with Crippen molar-refractivity contribution in [2.75, 3.05) is 19.6 Å². The summed E-state index contributed by atoms with van der Waals surface area (Å²) in [6.07, 6.45) is 3.03. The highest BCUT2D eigenvalue weighted by Gasteiger charge is 2.29. The Hall–Kier alpha value is -2.65. The lowest BCUT2D eigenvalue weighted by atomic mass is 10.0. The molecule has 0 radical (unpaired) electrons. The molecule has 0 atom stereocenters. The number of nitriles is 1. The van der Waals surface area contributed by atoms with E-state index in [9.17, 15) is 4.79 Å². The second-order valence-corrected chi connectivity index (χ2v) is 6.80. The van der Waals surface area contributed by atoms with Crippen LogP contribution in [-0.4, -0.2) is 45.5 Å². The Labute approximate surface area is 147 Å². The third-order valence-corrected chi connectivity index (χ3v) is 5.07. The Morgan fingerprint density at radius 1 is 1.28 bits per heavy atom. The van der Waals surface area contributed by atoms with Crippen LogP contribution in [0, 0.1) is 11.3 Å². The van der Waals surface area contributed by atoms with Crippen LogP contribution in [0.2, 0.25) is 0 Å². The summed E-state index contributed by atoms with van der Waals surface area (Å²) in [6, 6.07) is 9.90.